The van der Waals surface area contributed by atoms with Crippen LogP contribution in [0.3, 0.4) is 0 Å². The van der Waals surface area contributed by atoms with Crippen LogP contribution >= 0.6 is 0 Å². The lowest BCUT2D eigenvalue weighted by Gasteiger charge is -2.20. The zero-order chi connectivity index (χ0) is 14.7. The Hall–Kier alpha value is -1.72. The van der Waals surface area contributed by atoms with Crippen LogP contribution in [-0.4, -0.2) is 11.0 Å². The number of rotatable bonds is 4. The van der Waals surface area contributed by atoms with Gasteiger partial charge in [-0.1, -0.05) is 30.3 Å². The summed E-state index contributed by atoms with van der Waals surface area (Å²) in [6.45, 7) is 0.475. The monoisotopic (exact) mass is 306 g/mol. The van der Waals surface area contributed by atoms with Crippen molar-refractivity contribution in [3.8, 4) is 5.75 Å². The molecule has 2 aromatic rings. The molecule has 0 amide bonds. The zero-order valence-corrected chi connectivity index (χ0v) is 12.2. The van der Waals surface area contributed by atoms with Gasteiger partial charge in [0, 0.05) is 27.7 Å². The average molecular weight is 306 g/mol. The predicted molar refractivity (Wildman–Crippen MR) is 78.7 cm³/mol. The molecular formula is C16H15FO3S. The van der Waals surface area contributed by atoms with E-state index < -0.39 is 10.8 Å². The molecule has 110 valence electrons. The minimum Gasteiger partial charge on any atom is -0.467 e. The van der Waals surface area contributed by atoms with Gasteiger partial charge in [-0.15, -0.1) is 0 Å². The number of ether oxygens (including phenoxy) is 2. The Morgan fingerprint density at radius 2 is 1.95 bits per heavy atom. The standard InChI is InChI=1S/C16H15FO3S/c17-15-6-13-8-19-11-20-16(13)14(7-15)10-21(18)9-12-4-2-1-3-5-12/h1-7H,8-11H2/t21-/m1/s1. The summed E-state index contributed by atoms with van der Waals surface area (Å²) in [4.78, 5) is 0. The largest absolute Gasteiger partial charge is 0.467 e. The molecule has 1 heterocycles. The van der Waals surface area contributed by atoms with E-state index >= 15 is 0 Å². The third kappa shape index (κ3) is 3.49. The van der Waals surface area contributed by atoms with Crippen LogP contribution in [0.2, 0.25) is 0 Å². The van der Waals surface area contributed by atoms with Crippen molar-refractivity contribution >= 4 is 10.8 Å². The normalized spacial score (nSPS) is 15.1. The van der Waals surface area contributed by atoms with Crippen molar-refractivity contribution < 1.29 is 18.1 Å². The maximum absolute atomic E-state index is 13.6. The first-order valence-corrected chi connectivity index (χ1v) is 8.12. The summed E-state index contributed by atoms with van der Waals surface area (Å²) in [5.74, 6) is 0.982. The SMILES string of the molecule is O=[S@](Cc1ccccc1)Cc1cc(F)cc2c1OCOC2. The second kappa shape index (κ2) is 6.37. The predicted octanol–water partition coefficient (Wildman–Crippen LogP) is 3.14. The van der Waals surface area contributed by atoms with Gasteiger partial charge in [-0.3, -0.25) is 4.21 Å². The van der Waals surface area contributed by atoms with Crippen LogP contribution in [0.5, 0.6) is 5.75 Å². The number of hydrogen-bond donors (Lipinski definition) is 0. The van der Waals surface area contributed by atoms with Gasteiger partial charge in [0.2, 0.25) is 0 Å². The summed E-state index contributed by atoms with van der Waals surface area (Å²) in [6, 6.07) is 12.4. The highest BCUT2D eigenvalue weighted by Crippen LogP contribution is 2.30. The van der Waals surface area contributed by atoms with Crippen molar-refractivity contribution in [2.24, 2.45) is 0 Å². The van der Waals surface area contributed by atoms with Crippen molar-refractivity contribution in [3.05, 3.63) is 65.0 Å². The molecule has 0 bridgehead atoms. The minimum absolute atomic E-state index is 0.150. The summed E-state index contributed by atoms with van der Waals surface area (Å²) >= 11 is 0. The fourth-order valence-electron chi connectivity index (χ4n) is 2.35. The molecule has 0 spiro atoms. The van der Waals surface area contributed by atoms with E-state index in [0.717, 1.165) is 5.56 Å². The van der Waals surface area contributed by atoms with Gasteiger partial charge in [0.25, 0.3) is 0 Å². The molecule has 1 atom stereocenters. The number of hydrogen-bond acceptors (Lipinski definition) is 3. The Bertz CT molecular complexity index is 658. The molecule has 3 rings (SSSR count). The van der Waals surface area contributed by atoms with Crippen LogP contribution in [0.25, 0.3) is 0 Å². The first kappa shape index (κ1) is 14.2. The first-order valence-electron chi connectivity index (χ1n) is 6.63. The van der Waals surface area contributed by atoms with Gasteiger partial charge in [0.05, 0.1) is 12.4 Å². The zero-order valence-electron chi connectivity index (χ0n) is 11.4. The molecule has 21 heavy (non-hydrogen) atoms. The van der Waals surface area contributed by atoms with Crippen molar-refractivity contribution in [3.63, 3.8) is 0 Å². The number of benzene rings is 2. The topological polar surface area (TPSA) is 35.5 Å². The maximum Gasteiger partial charge on any atom is 0.189 e. The molecule has 0 fully saturated rings. The summed E-state index contributed by atoms with van der Waals surface area (Å²) in [5, 5.41) is 0. The Labute approximate surface area is 125 Å². The fourth-order valence-corrected chi connectivity index (χ4v) is 3.58. The second-order valence-electron chi connectivity index (χ2n) is 4.88. The van der Waals surface area contributed by atoms with Gasteiger partial charge in [-0.25, -0.2) is 4.39 Å². The van der Waals surface area contributed by atoms with E-state index in [1.54, 1.807) is 0 Å². The Morgan fingerprint density at radius 3 is 2.76 bits per heavy atom. The second-order valence-corrected chi connectivity index (χ2v) is 6.33. The van der Waals surface area contributed by atoms with Gasteiger partial charge in [0.15, 0.2) is 6.79 Å². The van der Waals surface area contributed by atoms with Gasteiger partial charge < -0.3 is 9.47 Å². The summed E-state index contributed by atoms with van der Waals surface area (Å²) < 4.78 is 36.5. The first-order chi connectivity index (χ1) is 10.2. The van der Waals surface area contributed by atoms with Gasteiger partial charge in [-0.2, -0.15) is 0 Å². The smallest absolute Gasteiger partial charge is 0.189 e. The Morgan fingerprint density at radius 1 is 1.14 bits per heavy atom. The number of halogens is 1. The third-order valence-electron chi connectivity index (χ3n) is 3.24. The van der Waals surface area contributed by atoms with E-state index in [2.05, 4.69) is 0 Å². The lowest BCUT2D eigenvalue weighted by Crippen LogP contribution is -2.14. The molecule has 3 nitrogen and oxygen atoms in total. The van der Waals surface area contributed by atoms with Gasteiger partial charge in [-0.05, 0) is 17.7 Å². The molecule has 0 unspecified atom stereocenters. The van der Waals surface area contributed by atoms with E-state index in [0.29, 0.717) is 29.2 Å². The Balaban J connectivity index is 1.78. The van der Waals surface area contributed by atoms with Crippen LogP contribution in [0.15, 0.2) is 42.5 Å². The number of fused-ring (bicyclic) bond motifs is 1. The lowest BCUT2D eigenvalue weighted by atomic mass is 10.1. The highest BCUT2D eigenvalue weighted by atomic mass is 32.2. The average Bonchev–Trinajstić information content (AvgIpc) is 2.48. The maximum atomic E-state index is 13.6. The van der Waals surface area contributed by atoms with Crippen LogP contribution < -0.4 is 4.74 Å². The van der Waals surface area contributed by atoms with Crippen LogP contribution in [0.4, 0.5) is 4.39 Å². The summed E-state index contributed by atoms with van der Waals surface area (Å²) in [6.07, 6.45) is 0. The van der Waals surface area contributed by atoms with E-state index in [-0.39, 0.29) is 18.4 Å². The summed E-state index contributed by atoms with van der Waals surface area (Å²) in [5.41, 5.74) is 2.32. The quantitative estimate of drug-likeness (QED) is 0.870. The van der Waals surface area contributed by atoms with E-state index in [4.69, 9.17) is 9.47 Å². The molecule has 2 aromatic carbocycles. The van der Waals surface area contributed by atoms with Crippen molar-refractivity contribution in [2.75, 3.05) is 6.79 Å². The van der Waals surface area contributed by atoms with E-state index in [9.17, 15) is 8.60 Å². The molecule has 0 saturated heterocycles. The molecule has 1 aliphatic heterocycles. The highest BCUT2D eigenvalue weighted by molar-refractivity contribution is 7.83. The van der Waals surface area contributed by atoms with Crippen LogP contribution in [-0.2, 0) is 33.6 Å². The molecule has 5 heteroatoms. The molecular weight excluding hydrogens is 291 g/mol. The molecule has 1 aliphatic rings. The Kier molecular flexibility index (Phi) is 4.31. The molecule has 0 radical (unpaired) electrons. The van der Waals surface area contributed by atoms with E-state index in [1.165, 1.54) is 12.1 Å². The molecule has 0 aromatic heterocycles. The third-order valence-corrected chi connectivity index (χ3v) is 4.53. The van der Waals surface area contributed by atoms with Crippen molar-refractivity contribution in [1.29, 1.82) is 0 Å². The van der Waals surface area contributed by atoms with Crippen molar-refractivity contribution in [2.45, 2.75) is 18.1 Å². The lowest BCUT2D eigenvalue weighted by molar-refractivity contribution is -0.0171. The van der Waals surface area contributed by atoms with Gasteiger partial charge in [0.1, 0.15) is 11.6 Å². The van der Waals surface area contributed by atoms with Crippen LogP contribution in [0, 0.1) is 5.82 Å². The minimum atomic E-state index is -1.12. The van der Waals surface area contributed by atoms with Crippen molar-refractivity contribution in [1.82, 2.24) is 0 Å². The molecule has 0 saturated carbocycles. The summed E-state index contributed by atoms with van der Waals surface area (Å²) in [7, 11) is -1.12. The molecule has 0 N–H and O–H groups in total. The van der Waals surface area contributed by atoms with E-state index in [1.807, 2.05) is 30.3 Å². The highest BCUT2D eigenvalue weighted by Gasteiger charge is 2.18. The van der Waals surface area contributed by atoms with Crippen LogP contribution in [0.1, 0.15) is 16.7 Å². The van der Waals surface area contributed by atoms with Gasteiger partial charge >= 0.3 is 0 Å². The molecule has 0 aliphatic carbocycles. The fraction of sp³-hybridized carbons (Fsp3) is 0.250.